The van der Waals surface area contributed by atoms with Crippen LogP contribution in [0.2, 0.25) is 0 Å². The van der Waals surface area contributed by atoms with Gasteiger partial charge in [0.2, 0.25) is 5.76 Å². The second-order valence-corrected chi connectivity index (χ2v) is 5.43. The van der Waals surface area contributed by atoms with E-state index in [-0.39, 0.29) is 5.76 Å². The number of carbonyl (C=O) groups is 3. The van der Waals surface area contributed by atoms with Gasteiger partial charge in [-0.3, -0.25) is 19.6 Å². The molecule has 0 saturated heterocycles. The number of nitrogens with one attached hydrogen (secondary N) is 1. The summed E-state index contributed by atoms with van der Waals surface area (Å²) in [5.41, 5.74) is 0.318. The summed E-state index contributed by atoms with van der Waals surface area (Å²) in [5, 5.41) is 6.18. The van der Waals surface area contributed by atoms with Gasteiger partial charge in [-0.2, -0.15) is 5.10 Å². The Morgan fingerprint density at radius 3 is 2.73 bits per heavy atom. The van der Waals surface area contributed by atoms with Crippen molar-refractivity contribution in [2.24, 2.45) is 7.05 Å². The van der Waals surface area contributed by atoms with E-state index in [1.165, 1.54) is 6.07 Å². The second-order valence-electron chi connectivity index (χ2n) is 5.43. The fourth-order valence-corrected chi connectivity index (χ4v) is 2.25. The third-order valence-electron chi connectivity index (χ3n) is 3.50. The minimum Gasteiger partial charge on any atom is -0.452 e. The lowest BCUT2D eigenvalue weighted by Crippen LogP contribution is -2.35. The molecule has 0 aliphatic heterocycles. The summed E-state index contributed by atoms with van der Waals surface area (Å²) >= 11 is 0. The standard InChI is InChI=1S/C17H16N4O5/c1-20-8-2-4-13(20)16(23)19-15(22)11-25-17(24)14-6-5-12(26-14)10-21-9-3-7-18-21/h2-9H,10-11H2,1H3,(H,19,22,23). The number of nitrogens with zero attached hydrogens (tertiary/aromatic N) is 3. The summed E-state index contributed by atoms with van der Waals surface area (Å²) in [5.74, 6) is -1.61. The highest BCUT2D eigenvalue weighted by Gasteiger charge is 2.17. The molecule has 0 unspecified atom stereocenters. The van der Waals surface area contributed by atoms with Crippen LogP contribution < -0.4 is 5.32 Å². The van der Waals surface area contributed by atoms with E-state index in [1.807, 2.05) is 0 Å². The fraction of sp³-hybridized carbons (Fsp3) is 0.176. The molecule has 0 fully saturated rings. The van der Waals surface area contributed by atoms with Gasteiger partial charge in [0.25, 0.3) is 11.8 Å². The number of hydrogen-bond acceptors (Lipinski definition) is 6. The van der Waals surface area contributed by atoms with Crippen molar-refractivity contribution in [3.05, 3.63) is 66.1 Å². The van der Waals surface area contributed by atoms with Crippen molar-refractivity contribution >= 4 is 17.8 Å². The van der Waals surface area contributed by atoms with Crippen LogP contribution in [0.4, 0.5) is 0 Å². The maximum atomic E-state index is 11.9. The number of furan rings is 1. The van der Waals surface area contributed by atoms with Crippen molar-refractivity contribution < 1.29 is 23.5 Å². The van der Waals surface area contributed by atoms with Crippen LogP contribution in [-0.4, -0.2) is 38.7 Å². The molecule has 0 radical (unpaired) electrons. The summed E-state index contributed by atoms with van der Waals surface area (Å²) < 4.78 is 13.4. The maximum absolute atomic E-state index is 11.9. The minimum absolute atomic E-state index is 0.0336. The van der Waals surface area contributed by atoms with Gasteiger partial charge >= 0.3 is 5.97 Å². The van der Waals surface area contributed by atoms with Crippen LogP contribution in [0, 0.1) is 0 Å². The Labute approximate surface area is 148 Å². The maximum Gasteiger partial charge on any atom is 0.374 e. The van der Waals surface area contributed by atoms with Crippen LogP contribution in [0.25, 0.3) is 0 Å². The molecule has 0 bridgehead atoms. The zero-order chi connectivity index (χ0) is 18.5. The Kier molecular flexibility index (Phi) is 4.97. The largest absolute Gasteiger partial charge is 0.452 e. The first-order valence-electron chi connectivity index (χ1n) is 7.71. The molecule has 134 valence electrons. The first kappa shape index (κ1) is 17.2. The van der Waals surface area contributed by atoms with E-state index in [0.717, 1.165) is 0 Å². The lowest BCUT2D eigenvalue weighted by molar-refractivity contribution is -0.123. The molecule has 3 aromatic rings. The molecule has 0 atom stereocenters. The molecule has 2 amide bonds. The van der Waals surface area contributed by atoms with Gasteiger partial charge in [0, 0.05) is 25.6 Å². The van der Waals surface area contributed by atoms with Crippen molar-refractivity contribution in [1.82, 2.24) is 19.7 Å². The van der Waals surface area contributed by atoms with E-state index in [2.05, 4.69) is 10.4 Å². The number of esters is 1. The Morgan fingerprint density at radius 2 is 2.04 bits per heavy atom. The summed E-state index contributed by atoms with van der Waals surface area (Å²) in [4.78, 5) is 35.6. The highest BCUT2D eigenvalue weighted by atomic mass is 16.5. The van der Waals surface area contributed by atoms with E-state index in [9.17, 15) is 14.4 Å². The van der Waals surface area contributed by atoms with E-state index < -0.39 is 24.4 Å². The van der Waals surface area contributed by atoms with Gasteiger partial charge in [0.05, 0.1) is 6.54 Å². The molecule has 0 aliphatic carbocycles. The van der Waals surface area contributed by atoms with Crippen molar-refractivity contribution in [2.75, 3.05) is 6.61 Å². The van der Waals surface area contributed by atoms with Crippen LogP contribution in [0.15, 0.2) is 53.3 Å². The van der Waals surface area contributed by atoms with Crippen molar-refractivity contribution in [3.8, 4) is 0 Å². The number of aromatic nitrogens is 3. The average molecular weight is 356 g/mol. The quantitative estimate of drug-likeness (QED) is 0.660. The van der Waals surface area contributed by atoms with Crippen LogP contribution in [0.1, 0.15) is 26.8 Å². The van der Waals surface area contributed by atoms with Crippen LogP contribution in [0.3, 0.4) is 0 Å². The zero-order valence-electron chi connectivity index (χ0n) is 13.9. The third-order valence-corrected chi connectivity index (χ3v) is 3.50. The average Bonchev–Trinajstić information content (AvgIpc) is 3.35. The van der Waals surface area contributed by atoms with Gasteiger partial charge in [-0.25, -0.2) is 4.79 Å². The SMILES string of the molecule is Cn1cccc1C(=O)NC(=O)COC(=O)c1ccc(Cn2cccn2)o1. The summed E-state index contributed by atoms with van der Waals surface area (Å²) in [6.45, 7) is -0.226. The van der Waals surface area contributed by atoms with E-state index in [0.29, 0.717) is 18.0 Å². The molecular formula is C17H16N4O5. The van der Waals surface area contributed by atoms with E-state index >= 15 is 0 Å². The molecule has 0 saturated carbocycles. The zero-order valence-corrected chi connectivity index (χ0v) is 13.9. The van der Waals surface area contributed by atoms with E-state index in [1.54, 1.807) is 59.2 Å². The monoisotopic (exact) mass is 356 g/mol. The second kappa shape index (κ2) is 7.51. The van der Waals surface area contributed by atoms with Crippen LogP contribution in [0.5, 0.6) is 0 Å². The number of amides is 2. The Morgan fingerprint density at radius 1 is 1.19 bits per heavy atom. The molecule has 9 nitrogen and oxygen atoms in total. The number of ether oxygens (including phenoxy) is 1. The lowest BCUT2D eigenvalue weighted by atomic mass is 10.4. The first-order chi connectivity index (χ1) is 12.5. The third kappa shape index (κ3) is 4.07. The van der Waals surface area contributed by atoms with Gasteiger partial charge in [-0.15, -0.1) is 0 Å². The van der Waals surface area contributed by atoms with Crippen LogP contribution in [-0.2, 0) is 23.1 Å². The normalized spacial score (nSPS) is 10.5. The minimum atomic E-state index is -0.793. The van der Waals surface area contributed by atoms with Crippen LogP contribution >= 0.6 is 0 Å². The predicted molar refractivity (Wildman–Crippen MR) is 88.2 cm³/mol. The lowest BCUT2D eigenvalue weighted by Gasteiger charge is -2.05. The van der Waals surface area contributed by atoms with Gasteiger partial charge in [0.1, 0.15) is 11.5 Å². The van der Waals surface area contributed by atoms with Crippen molar-refractivity contribution in [3.63, 3.8) is 0 Å². The van der Waals surface area contributed by atoms with E-state index in [4.69, 9.17) is 9.15 Å². The molecular weight excluding hydrogens is 340 g/mol. The van der Waals surface area contributed by atoms with Gasteiger partial charge in [0.15, 0.2) is 6.61 Å². The fourth-order valence-electron chi connectivity index (χ4n) is 2.25. The molecule has 0 aromatic carbocycles. The molecule has 1 N–H and O–H groups in total. The highest BCUT2D eigenvalue weighted by molar-refractivity contribution is 6.04. The number of aryl methyl sites for hydroxylation is 1. The van der Waals surface area contributed by atoms with Gasteiger partial charge in [-0.05, 0) is 30.3 Å². The summed E-state index contributed by atoms with van der Waals surface area (Å²) in [6, 6.07) is 8.09. The summed E-state index contributed by atoms with van der Waals surface area (Å²) in [7, 11) is 1.68. The molecule has 3 aromatic heterocycles. The number of rotatable bonds is 6. The molecule has 0 aliphatic rings. The number of hydrogen-bond donors (Lipinski definition) is 1. The smallest absolute Gasteiger partial charge is 0.374 e. The molecule has 9 heteroatoms. The van der Waals surface area contributed by atoms with Crippen molar-refractivity contribution in [2.45, 2.75) is 6.54 Å². The van der Waals surface area contributed by atoms with Gasteiger partial charge < -0.3 is 13.7 Å². The molecule has 0 spiro atoms. The molecule has 3 heterocycles. The Balaban J connectivity index is 1.49. The molecule has 26 heavy (non-hydrogen) atoms. The number of imide groups is 1. The summed E-state index contributed by atoms with van der Waals surface area (Å²) in [6.07, 6.45) is 5.07. The number of carbonyl (C=O) groups excluding carboxylic acids is 3. The Bertz CT molecular complexity index is 923. The highest BCUT2D eigenvalue weighted by Crippen LogP contribution is 2.10. The topological polar surface area (TPSA) is 108 Å². The predicted octanol–water partition coefficient (Wildman–Crippen LogP) is 0.976. The molecule has 3 rings (SSSR count). The van der Waals surface area contributed by atoms with Crippen molar-refractivity contribution in [1.29, 1.82) is 0 Å². The Hall–Kier alpha value is -3.62. The first-order valence-corrected chi connectivity index (χ1v) is 7.71. The van der Waals surface area contributed by atoms with Gasteiger partial charge in [-0.1, -0.05) is 0 Å².